The van der Waals surface area contributed by atoms with E-state index in [4.69, 9.17) is 23.8 Å². The van der Waals surface area contributed by atoms with Crippen molar-refractivity contribution >= 4 is 60.2 Å². The molecule has 0 saturated carbocycles. The summed E-state index contributed by atoms with van der Waals surface area (Å²) in [7, 11) is 0. The minimum Gasteiger partial charge on any atom is -0.456 e. The number of para-hydroxylation sites is 2. The van der Waals surface area contributed by atoms with Crippen LogP contribution in [0.4, 0.5) is 0 Å². The lowest BCUT2D eigenvalue weighted by molar-refractivity contribution is 0.668. The molecular weight excluding hydrogens is 735 g/mol. The van der Waals surface area contributed by atoms with Gasteiger partial charge in [-0.05, 0) is 87.8 Å². The zero-order valence-corrected chi connectivity index (χ0v) is 32.5. The highest BCUT2D eigenvalue weighted by atomic mass is 16.3. The first kappa shape index (κ1) is 34.2. The van der Waals surface area contributed by atoms with Gasteiger partial charge >= 0.3 is 0 Å². The van der Waals surface area contributed by atoms with Gasteiger partial charge < -0.3 is 8.83 Å². The number of benzene rings is 8. The largest absolute Gasteiger partial charge is 0.456 e. The molecule has 0 aliphatic heterocycles. The molecule has 0 atom stereocenters. The van der Waals surface area contributed by atoms with Crippen LogP contribution in [-0.2, 0) is 0 Å². The number of fused-ring (bicyclic) bond motifs is 7. The van der Waals surface area contributed by atoms with E-state index in [1.54, 1.807) is 0 Å². The normalized spacial score (nSPS) is 12.9. The highest BCUT2D eigenvalue weighted by molar-refractivity contribution is 6.19. The van der Waals surface area contributed by atoms with Gasteiger partial charge in [0, 0.05) is 43.8 Å². The van der Waals surface area contributed by atoms with Gasteiger partial charge in [0.15, 0.2) is 17.5 Å². The van der Waals surface area contributed by atoms with Crippen molar-refractivity contribution in [2.24, 2.45) is 0 Å². The number of furan rings is 2. The fourth-order valence-corrected chi connectivity index (χ4v) is 8.88. The van der Waals surface area contributed by atoms with Crippen LogP contribution in [0.2, 0.25) is 0 Å². The molecule has 0 saturated heterocycles. The standard InChI is InChI=1S/C55H35N3O2/c1-2-13-34(14-3-1)37-17-8-19-39(31-37)53-56-54(58-55(57-53)41-30-29-35-15-4-5-16-36(35)32-41)40-20-9-18-38(33-40)42-22-11-28-49-50(42)46-25-10-24-44(52(46)60-49)43-23-12-27-48-51(43)45-21-6-7-26-47(45)59-48/h2,4-33H,1,3H2. The van der Waals surface area contributed by atoms with Crippen LogP contribution in [0.5, 0.6) is 0 Å². The summed E-state index contributed by atoms with van der Waals surface area (Å²) in [5.74, 6) is 1.87. The number of aromatic nitrogens is 3. The Labute approximate surface area is 345 Å². The maximum absolute atomic E-state index is 6.79. The number of hydrogen-bond donors (Lipinski definition) is 0. The topological polar surface area (TPSA) is 65.0 Å². The Kier molecular flexibility index (Phi) is 7.91. The number of allylic oxidation sites excluding steroid dienone is 4. The molecule has 8 aromatic carbocycles. The van der Waals surface area contributed by atoms with Crippen LogP contribution in [0.3, 0.4) is 0 Å². The zero-order chi connectivity index (χ0) is 39.6. The van der Waals surface area contributed by atoms with Gasteiger partial charge in [0.2, 0.25) is 0 Å². The molecule has 5 heteroatoms. The number of rotatable bonds is 6. The van der Waals surface area contributed by atoms with Gasteiger partial charge in [-0.2, -0.15) is 0 Å². The zero-order valence-electron chi connectivity index (χ0n) is 32.5. The lowest BCUT2D eigenvalue weighted by Crippen LogP contribution is -2.00. The predicted octanol–water partition coefficient (Wildman–Crippen LogP) is 14.9. The van der Waals surface area contributed by atoms with Crippen LogP contribution in [0, 0.1) is 0 Å². The second-order valence-electron chi connectivity index (χ2n) is 15.4. The molecule has 0 radical (unpaired) electrons. The molecule has 60 heavy (non-hydrogen) atoms. The Morgan fingerprint density at radius 3 is 1.77 bits per heavy atom. The van der Waals surface area contributed by atoms with E-state index in [1.807, 2.05) is 18.2 Å². The minimum atomic E-state index is 0.610. The molecule has 0 amide bonds. The van der Waals surface area contributed by atoms with E-state index < -0.39 is 0 Å². The first-order valence-corrected chi connectivity index (χ1v) is 20.4. The fourth-order valence-electron chi connectivity index (χ4n) is 8.88. The van der Waals surface area contributed by atoms with E-state index in [0.29, 0.717) is 17.5 Å². The van der Waals surface area contributed by atoms with Gasteiger partial charge in [0.1, 0.15) is 22.3 Å². The van der Waals surface area contributed by atoms with Crippen LogP contribution >= 0.6 is 0 Å². The molecule has 3 aromatic heterocycles. The summed E-state index contributed by atoms with van der Waals surface area (Å²) in [6.07, 6.45) is 8.86. The van der Waals surface area contributed by atoms with Gasteiger partial charge in [-0.1, -0.05) is 152 Å². The smallest absolute Gasteiger partial charge is 0.164 e. The first-order chi connectivity index (χ1) is 29.7. The minimum absolute atomic E-state index is 0.610. The Morgan fingerprint density at radius 2 is 0.967 bits per heavy atom. The molecular formula is C55H35N3O2. The average molecular weight is 770 g/mol. The molecule has 0 bridgehead atoms. The fraction of sp³-hybridized carbons (Fsp3) is 0.0364. The maximum atomic E-state index is 6.79. The van der Waals surface area contributed by atoms with E-state index in [1.165, 1.54) is 11.0 Å². The highest BCUT2D eigenvalue weighted by Crippen LogP contribution is 2.44. The summed E-state index contributed by atoms with van der Waals surface area (Å²) in [6, 6.07) is 59.0. The molecule has 0 unspecified atom stereocenters. The van der Waals surface area contributed by atoms with E-state index in [2.05, 4.69) is 170 Å². The van der Waals surface area contributed by atoms with Crippen LogP contribution in [0.15, 0.2) is 197 Å². The predicted molar refractivity (Wildman–Crippen MR) is 245 cm³/mol. The van der Waals surface area contributed by atoms with Gasteiger partial charge in [-0.15, -0.1) is 0 Å². The molecule has 11 aromatic rings. The van der Waals surface area contributed by atoms with E-state index in [-0.39, 0.29) is 0 Å². The SMILES string of the molecule is C1=CC(c2cccc(-c3nc(-c4cccc(-c5cccc6oc7c(-c8cccc9oc%10ccccc%10c89)cccc7c56)c4)nc(-c4ccc5ccccc5c4)n3)c2)=CCC1. The van der Waals surface area contributed by atoms with Crippen molar-refractivity contribution in [1.29, 1.82) is 0 Å². The monoisotopic (exact) mass is 769 g/mol. The number of hydrogen-bond acceptors (Lipinski definition) is 5. The third-order valence-corrected chi connectivity index (χ3v) is 11.7. The third kappa shape index (κ3) is 5.74. The van der Waals surface area contributed by atoms with Crippen molar-refractivity contribution in [2.75, 3.05) is 0 Å². The average Bonchev–Trinajstić information content (AvgIpc) is 3.91. The van der Waals surface area contributed by atoms with Crippen LogP contribution in [0.25, 0.3) is 117 Å². The molecule has 0 fully saturated rings. The Hall–Kier alpha value is -7.89. The van der Waals surface area contributed by atoms with Crippen molar-refractivity contribution < 1.29 is 8.83 Å². The summed E-state index contributed by atoms with van der Waals surface area (Å²) >= 11 is 0. The molecule has 12 rings (SSSR count). The summed E-state index contributed by atoms with van der Waals surface area (Å²) < 4.78 is 13.1. The maximum Gasteiger partial charge on any atom is 0.164 e. The van der Waals surface area contributed by atoms with E-state index in [0.717, 1.165) is 107 Å². The highest BCUT2D eigenvalue weighted by Gasteiger charge is 2.20. The molecule has 1 aliphatic carbocycles. The van der Waals surface area contributed by atoms with Crippen molar-refractivity contribution in [3.63, 3.8) is 0 Å². The van der Waals surface area contributed by atoms with Crippen LogP contribution in [-0.4, -0.2) is 15.0 Å². The molecule has 0 spiro atoms. The second-order valence-corrected chi connectivity index (χ2v) is 15.4. The molecule has 3 heterocycles. The Morgan fingerprint density at radius 1 is 0.383 bits per heavy atom. The first-order valence-electron chi connectivity index (χ1n) is 20.4. The molecule has 0 N–H and O–H groups in total. The lowest BCUT2D eigenvalue weighted by atomic mass is 9.95. The van der Waals surface area contributed by atoms with Crippen molar-refractivity contribution in [1.82, 2.24) is 15.0 Å². The van der Waals surface area contributed by atoms with E-state index in [9.17, 15) is 0 Å². The summed E-state index contributed by atoms with van der Waals surface area (Å²) in [5.41, 5.74) is 12.8. The van der Waals surface area contributed by atoms with Crippen LogP contribution < -0.4 is 0 Å². The Balaban J connectivity index is 1.01. The van der Waals surface area contributed by atoms with Crippen molar-refractivity contribution in [2.45, 2.75) is 12.8 Å². The molecule has 1 aliphatic rings. The summed E-state index contributed by atoms with van der Waals surface area (Å²) in [4.78, 5) is 15.5. The van der Waals surface area contributed by atoms with Gasteiger partial charge in [0.05, 0.1) is 0 Å². The third-order valence-electron chi connectivity index (χ3n) is 11.7. The van der Waals surface area contributed by atoms with Gasteiger partial charge in [0.25, 0.3) is 0 Å². The molecule has 5 nitrogen and oxygen atoms in total. The van der Waals surface area contributed by atoms with Gasteiger partial charge in [-0.25, -0.2) is 15.0 Å². The van der Waals surface area contributed by atoms with E-state index >= 15 is 0 Å². The van der Waals surface area contributed by atoms with Crippen LogP contribution in [0.1, 0.15) is 18.4 Å². The second kappa shape index (κ2) is 13.9. The Bertz CT molecular complexity index is 3570. The van der Waals surface area contributed by atoms with Crippen molar-refractivity contribution in [3.05, 3.63) is 194 Å². The van der Waals surface area contributed by atoms with Gasteiger partial charge in [-0.3, -0.25) is 0 Å². The lowest BCUT2D eigenvalue weighted by Gasteiger charge is -2.12. The number of nitrogens with zero attached hydrogens (tertiary/aromatic N) is 3. The quantitative estimate of drug-likeness (QED) is 0.168. The summed E-state index contributed by atoms with van der Waals surface area (Å²) in [6.45, 7) is 0. The van der Waals surface area contributed by atoms with Crippen molar-refractivity contribution in [3.8, 4) is 56.4 Å². The molecule has 282 valence electrons. The summed E-state index contributed by atoms with van der Waals surface area (Å²) in [5, 5.41) is 6.60.